The van der Waals surface area contributed by atoms with Gasteiger partial charge in [0, 0.05) is 11.5 Å². The molecule has 1 aromatic rings. The molecule has 1 atom stereocenters. The first-order valence-electron chi connectivity index (χ1n) is 8.34. The lowest BCUT2D eigenvalue weighted by Gasteiger charge is -2.32. The molecule has 0 saturated heterocycles. The van der Waals surface area contributed by atoms with Crippen molar-refractivity contribution in [2.24, 2.45) is 0 Å². The maximum Gasteiger partial charge on any atom is 0.0377 e. The number of nitrogens with one attached hydrogen (secondary N) is 1. The molecule has 1 heteroatoms. The molecule has 2 aliphatic rings. The largest absolute Gasteiger partial charge is 0.309 e. The molecule has 0 bridgehead atoms. The molecule has 1 fully saturated rings. The number of hydrogen-bond donors (Lipinski definition) is 1. The Labute approximate surface area is 123 Å². The topological polar surface area (TPSA) is 12.0 Å². The molecule has 0 amide bonds. The third kappa shape index (κ3) is 2.69. The van der Waals surface area contributed by atoms with Crippen molar-refractivity contribution in [1.29, 1.82) is 0 Å². The molecule has 20 heavy (non-hydrogen) atoms. The van der Waals surface area contributed by atoms with Crippen LogP contribution in [0.5, 0.6) is 0 Å². The molecule has 0 aromatic heterocycles. The molecular weight excluding hydrogens is 242 g/mol. The van der Waals surface area contributed by atoms with E-state index in [1.54, 1.807) is 11.1 Å². The Bertz CT molecular complexity index is 456. The number of allylic oxidation sites excluding steroid dienone is 1. The first kappa shape index (κ1) is 13.9. The Hall–Kier alpha value is -1.08. The van der Waals surface area contributed by atoms with Crippen LogP contribution < -0.4 is 5.32 Å². The van der Waals surface area contributed by atoms with E-state index >= 15 is 0 Å². The summed E-state index contributed by atoms with van der Waals surface area (Å²) in [6, 6.07) is 11.8. The van der Waals surface area contributed by atoms with Gasteiger partial charge in [-0.3, -0.25) is 0 Å². The fourth-order valence-electron chi connectivity index (χ4n) is 3.74. The molecule has 0 radical (unpaired) electrons. The van der Waals surface area contributed by atoms with Gasteiger partial charge in [-0.1, -0.05) is 48.9 Å². The van der Waals surface area contributed by atoms with Gasteiger partial charge in [0.1, 0.15) is 0 Å². The Morgan fingerprint density at radius 2 is 1.95 bits per heavy atom. The third-order valence-electron chi connectivity index (χ3n) is 4.99. The van der Waals surface area contributed by atoms with E-state index in [4.69, 9.17) is 0 Å². The van der Waals surface area contributed by atoms with Crippen molar-refractivity contribution in [1.82, 2.24) is 5.32 Å². The molecule has 0 aliphatic heterocycles. The summed E-state index contributed by atoms with van der Waals surface area (Å²) in [5.74, 6) is 0. The van der Waals surface area contributed by atoms with Crippen molar-refractivity contribution < 1.29 is 0 Å². The van der Waals surface area contributed by atoms with Crippen LogP contribution in [0.25, 0.3) is 0 Å². The third-order valence-corrected chi connectivity index (χ3v) is 4.99. The predicted octanol–water partition coefficient (Wildman–Crippen LogP) is 4.59. The van der Waals surface area contributed by atoms with Crippen LogP contribution in [-0.4, -0.2) is 12.6 Å². The van der Waals surface area contributed by atoms with Crippen LogP contribution in [0.15, 0.2) is 42.0 Å². The van der Waals surface area contributed by atoms with Crippen LogP contribution in [0, 0.1) is 0 Å². The average molecular weight is 269 g/mol. The van der Waals surface area contributed by atoms with Gasteiger partial charge in [-0.05, 0) is 57.1 Å². The zero-order chi connectivity index (χ0) is 13.8. The molecular formula is C19H27N. The van der Waals surface area contributed by atoms with E-state index in [2.05, 4.69) is 48.6 Å². The monoisotopic (exact) mass is 269 g/mol. The summed E-state index contributed by atoms with van der Waals surface area (Å²) in [4.78, 5) is 0. The summed E-state index contributed by atoms with van der Waals surface area (Å²) in [5, 5.41) is 3.87. The van der Waals surface area contributed by atoms with Crippen molar-refractivity contribution in [3.8, 4) is 0 Å². The highest BCUT2D eigenvalue weighted by atomic mass is 14.9. The smallest absolute Gasteiger partial charge is 0.0377 e. The summed E-state index contributed by atoms with van der Waals surface area (Å²) in [5.41, 5.74) is 3.62. The first-order chi connectivity index (χ1) is 9.87. The Balaban J connectivity index is 1.87. The second kappa shape index (κ2) is 6.13. The SMILES string of the molecule is CCCNC(C1=CCCCC1)C1(c2ccccc2)CC1. The second-order valence-electron chi connectivity index (χ2n) is 6.43. The van der Waals surface area contributed by atoms with E-state index in [1.807, 2.05) is 0 Å². The molecule has 108 valence electrons. The van der Waals surface area contributed by atoms with Gasteiger partial charge in [-0.25, -0.2) is 0 Å². The normalized spacial score (nSPS) is 22.1. The summed E-state index contributed by atoms with van der Waals surface area (Å²) in [7, 11) is 0. The maximum atomic E-state index is 3.87. The molecule has 2 aliphatic carbocycles. The lowest BCUT2D eigenvalue weighted by atomic mass is 9.80. The van der Waals surface area contributed by atoms with Crippen LogP contribution in [-0.2, 0) is 5.41 Å². The molecule has 0 spiro atoms. The number of benzene rings is 1. The zero-order valence-electron chi connectivity index (χ0n) is 12.7. The molecule has 3 rings (SSSR count). The fourth-order valence-corrected chi connectivity index (χ4v) is 3.74. The van der Waals surface area contributed by atoms with Crippen LogP contribution in [0.1, 0.15) is 57.4 Å². The molecule has 1 saturated carbocycles. The highest BCUT2D eigenvalue weighted by Crippen LogP contribution is 2.53. The van der Waals surface area contributed by atoms with Crippen molar-refractivity contribution >= 4 is 0 Å². The highest BCUT2D eigenvalue weighted by Gasteiger charge is 2.51. The minimum absolute atomic E-state index is 0.388. The highest BCUT2D eigenvalue weighted by molar-refractivity contribution is 5.39. The summed E-state index contributed by atoms with van der Waals surface area (Å²) in [6.07, 6.45) is 11.8. The Kier molecular flexibility index (Phi) is 4.26. The average Bonchev–Trinajstić information content (AvgIpc) is 3.31. The van der Waals surface area contributed by atoms with Gasteiger partial charge in [0.05, 0.1) is 0 Å². The zero-order valence-corrected chi connectivity index (χ0v) is 12.7. The van der Waals surface area contributed by atoms with Gasteiger partial charge in [0.2, 0.25) is 0 Å². The summed E-state index contributed by atoms with van der Waals surface area (Å²) < 4.78 is 0. The van der Waals surface area contributed by atoms with Gasteiger partial charge in [0.25, 0.3) is 0 Å². The lowest BCUT2D eigenvalue weighted by Crippen LogP contribution is -2.42. The van der Waals surface area contributed by atoms with Gasteiger partial charge >= 0.3 is 0 Å². The lowest BCUT2D eigenvalue weighted by molar-refractivity contribution is 0.442. The van der Waals surface area contributed by atoms with E-state index in [-0.39, 0.29) is 0 Å². The number of hydrogen-bond acceptors (Lipinski definition) is 1. The van der Waals surface area contributed by atoms with E-state index in [9.17, 15) is 0 Å². The molecule has 0 heterocycles. The van der Waals surface area contributed by atoms with Crippen LogP contribution in [0.2, 0.25) is 0 Å². The van der Waals surface area contributed by atoms with Crippen molar-refractivity contribution in [2.75, 3.05) is 6.54 Å². The van der Waals surface area contributed by atoms with Gasteiger partial charge in [0.15, 0.2) is 0 Å². The minimum atomic E-state index is 0.388. The molecule has 1 unspecified atom stereocenters. The summed E-state index contributed by atoms with van der Waals surface area (Å²) >= 11 is 0. The van der Waals surface area contributed by atoms with Crippen molar-refractivity contribution in [3.05, 3.63) is 47.5 Å². The molecule has 1 aromatic carbocycles. The Morgan fingerprint density at radius 3 is 2.55 bits per heavy atom. The van der Waals surface area contributed by atoms with Crippen molar-refractivity contribution in [3.63, 3.8) is 0 Å². The molecule has 1 N–H and O–H groups in total. The van der Waals surface area contributed by atoms with Gasteiger partial charge < -0.3 is 5.32 Å². The fraction of sp³-hybridized carbons (Fsp3) is 0.579. The number of rotatable bonds is 6. The van der Waals surface area contributed by atoms with E-state index in [0.29, 0.717) is 11.5 Å². The van der Waals surface area contributed by atoms with Gasteiger partial charge in [-0.2, -0.15) is 0 Å². The maximum absolute atomic E-state index is 3.87. The van der Waals surface area contributed by atoms with E-state index in [0.717, 1.165) is 6.54 Å². The summed E-state index contributed by atoms with van der Waals surface area (Å²) in [6.45, 7) is 3.40. The van der Waals surface area contributed by atoms with Crippen LogP contribution in [0.3, 0.4) is 0 Å². The van der Waals surface area contributed by atoms with E-state index < -0.39 is 0 Å². The first-order valence-corrected chi connectivity index (χ1v) is 8.34. The van der Waals surface area contributed by atoms with Crippen LogP contribution in [0.4, 0.5) is 0 Å². The quantitative estimate of drug-likeness (QED) is 0.745. The van der Waals surface area contributed by atoms with E-state index in [1.165, 1.54) is 44.9 Å². The van der Waals surface area contributed by atoms with Crippen LogP contribution >= 0.6 is 0 Å². The standard InChI is InChI=1S/C19H27N/c1-2-15-20-18(16-9-5-3-6-10-16)19(13-14-19)17-11-7-4-8-12-17/h4,7-9,11-12,18,20H,2-3,5-6,10,13-15H2,1H3. The second-order valence-corrected chi connectivity index (χ2v) is 6.43. The van der Waals surface area contributed by atoms with Crippen molar-refractivity contribution in [2.45, 2.75) is 63.3 Å². The predicted molar refractivity (Wildman–Crippen MR) is 86.0 cm³/mol. The molecule has 1 nitrogen and oxygen atoms in total. The van der Waals surface area contributed by atoms with Gasteiger partial charge in [-0.15, -0.1) is 0 Å². The minimum Gasteiger partial charge on any atom is -0.309 e. The Morgan fingerprint density at radius 1 is 1.15 bits per heavy atom.